The summed E-state index contributed by atoms with van der Waals surface area (Å²) < 4.78 is 7.22. The van der Waals surface area contributed by atoms with Gasteiger partial charge in [-0.1, -0.05) is 6.07 Å². The van der Waals surface area contributed by atoms with Crippen LogP contribution in [0.1, 0.15) is 10.4 Å². The fourth-order valence-corrected chi connectivity index (χ4v) is 2.67. The molecule has 2 aliphatic heterocycles. The normalized spacial score (nSPS) is 16.0. The molecule has 0 aliphatic carbocycles. The highest BCUT2D eigenvalue weighted by molar-refractivity contribution is 6.10. The van der Waals surface area contributed by atoms with Crippen molar-refractivity contribution in [2.24, 2.45) is 0 Å². The maximum absolute atomic E-state index is 12.8. The minimum Gasteiger partial charge on any atom is -0.481 e. The number of rotatable bonds is 1. The Hall–Kier alpha value is -2.83. The molecule has 0 atom stereocenters. The number of ether oxygens (including phenoxy) is 1. The van der Waals surface area contributed by atoms with Gasteiger partial charge in [-0.05, 0) is 12.1 Å². The van der Waals surface area contributed by atoms with Crippen LogP contribution in [0.15, 0.2) is 30.5 Å². The molecular weight excluding hydrogens is 272 g/mol. The molecule has 1 aromatic carbocycles. The van der Waals surface area contributed by atoms with E-state index in [2.05, 4.69) is 10.4 Å². The Morgan fingerprint density at radius 2 is 2.19 bits per heavy atom. The fraction of sp³-hybridized carbons (Fsp3) is 0.214. The molecule has 3 heterocycles. The lowest BCUT2D eigenvalue weighted by molar-refractivity contribution is -0.118. The number of carbonyl (C=O) groups is 2. The second-order valence-corrected chi connectivity index (χ2v) is 4.89. The Morgan fingerprint density at radius 3 is 3.10 bits per heavy atom. The van der Waals surface area contributed by atoms with Crippen LogP contribution >= 0.6 is 0 Å². The summed E-state index contributed by atoms with van der Waals surface area (Å²) in [6.45, 7) is 1.19. The number of hydrogen-bond donors (Lipinski definition) is 1. The summed E-state index contributed by atoms with van der Waals surface area (Å²) in [4.78, 5) is 25.8. The van der Waals surface area contributed by atoms with Crippen LogP contribution in [0.5, 0.6) is 5.75 Å². The number of amides is 2. The predicted octanol–water partition coefficient (Wildman–Crippen LogP) is 0.874. The van der Waals surface area contributed by atoms with Gasteiger partial charge in [-0.3, -0.25) is 14.5 Å². The van der Waals surface area contributed by atoms with E-state index in [1.807, 2.05) is 6.07 Å². The van der Waals surface area contributed by atoms with E-state index in [9.17, 15) is 9.59 Å². The number of anilines is 2. The van der Waals surface area contributed by atoms with Gasteiger partial charge in [-0.15, -0.1) is 0 Å². The summed E-state index contributed by atoms with van der Waals surface area (Å²) in [6, 6.07) is 6.96. The van der Waals surface area contributed by atoms with E-state index in [1.54, 1.807) is 34.0 Å². The molecule has 0 saturated carbocycles. The van der Waals surface area contributed by atoms with Crippen molar-refractivity contribution in [3.8, 4) is 5.75 Å². The van der Waals surface area contributed by atoms with Crippen LogP contribution in [0.4, 0.5) is 11.5 Å². The third kappa shape index (κ3) is 1.78. The second kappa shape index (κ2) is 4.34. The minimum atomic E-state index is -0.216. The first-order valence-electron chi connectivity index (χ1n) is 6.63. The molecule has 106 valence electrons. The number of carbonyl (C=O) groups excluding carboxylic acids is 2. The van der Waals surface area contributed by atoms with E-state index in [1.165, 1.54) is 0 Å². The van der Waals surface area contributed by atoms with Crippen LogP contribution in [-0.4, -0.2) is 34.7 Å². The van der Waals surface area contributed by atoms with Crippen molar-refractivity contribution < 1.29 is 14.3 Å². The van der Waals surface area contributed by atoms with Crippen LogP contribution in [0.25, 0.3) is 0 Å². The van der Waals surface area contributed by atoms with Gasteiger partial charge in [0.1, 0.15) is 5.82 Å². The number of benzene rings is 1. The van der Waals surface area contributed by atoms with Gasteiger partial charge in [-0.2, -0.15) is 5.10 Å². The first kappa shape index (κ1) is 12.0. The van der Waals surface area contributed by atoms with Crippen molar-refractivity contribution >= 4 is 23.3 Å². The van der Waals surface area contributed by atoms with E-state index >= 15 is 0 Å². The van der Waals surface area contributed by atoms with E-state index in [0.29, 0.717) is 30.1 Å². The van der Waals surface area contributed by atoms with Crippen LogP contribution in [0, 0.1) is 0 Å². The molecule has 2 amide bonds. The molecule has 0 bridgehead atoms. The Morgan fingerprint density at radius 1 is 1.29 bits per heavy atom. The van der Waals surface area contributed by atoms with E-state index < -0.39 is 0 Å². The Balaban J connectivity index is 1.73. The second-order valence-electron chi connectivity index (χ2n) is 4.89. The molecular formula is C14H12N4O3. The number of fused-ring (bicyclic) bond motifs is 2. The lowest BCUT2D eigenvalue weighted by Gasteiger charge is -2.22. The van der Waals surface area contributed by atoms with E-state index in [4.69, 9.17) is 4.74 Å². The minimum absolute atomic E-state index is 0.0742. The summed E-state index contributed by atoms with van der Waals surface area (Å²) in [5.74, 6) is 0.839. The lowest BCUT2D eigenvalue weighted by Crippen LogP contribution is -2.31. The number of nitrogens with one attached hydrogen (secondary N) is 1. The molecule has 2 aliphatic rings. The van der Waals surface area contributed by atoms with Gasteiger partial charge in [-0.25, -0.2) is 4.68 Å². The predicted molar refractivity (Wildman–Crippen MR) is 74.5 cm³/mol. The molecule has 7 heteroatoms. The Labute approximate surface area is 120 Å². The van der Waals surface area contributed by atoms with Gasteiger partial charge in [0, 0.05) is 12.6 Å². The molecule has 0 radical (unpaired) electrons. The molecule has 0 fully saturated rings. The molecule has 21 heavy (non-hydrogen) atoms. The first-order chi connectivity index (χ1) is 10.2. The zero-order chi connectivity index (χ0) is 14.4. The van der Waals surface area contributed by atoms with Gasteiger partial charge >= 0.3 is 0 Å². The van der Waals surface area contributed by atoms with Crippen molar-refractivity contribution in [2.75, 3.05) is 23.4 Å². The molecule has 0 saturated heterocycles. The molecule has 1 aromatic heterocycles. The molecule has 7 nitrogen and oxygen atoms in total. The molecule has 0 spiro atoms. The average molecular weight is 284 g/mol. The fourth-order valence-electron chi connectivity index (χ4n) is 2.67. The van der Waals surface area contributed by atoms with Crippen LogP contribution in [0.2, 0.25) is 0 Å². The average Bonchev–Trinajstić information content (AvgIpc) is 3.08. The summed E-state index contributed by atoms with van der Waals surface area (Å²) in [5, 5.41) is 6.86. The summed E-state index contributed by atoms with van der Waals surface area (Å²) in [7, 11) is 0. The monoisotopic (exact) mass is 284 g/mol. The Kier molecular flexibility index (Phi) is 2.47. The standard InChI is InChI=1S/C14H12N4O3/c19-11-8-21-13-9(2-1-3-10(13)16-11)14(20)17-6-7-18-12(17)4-5-15-18/h1-5H,6-8H2,(H,16,19). The Bertz CT molecular complexity index is 752. The smallest absolute Gasteiger partial charge is 0.263 e. The molecule has 0 unspecified atom stereocenters. The van der Waals surface area contributed by atoms with Crippen molar-refractivity contribution in [1.29, 1.82) is 0 Å². The van der Waals surface area contributed by atoms with Gasteiger partial charge < -0.3 is 10.1 Å². The third-order valence-electron chi connectivity index (χ3n) is 3.62. The lowest BCUT2D eigenvalue weighted by atomic mass is 10.1. The van der Waals surface area contributed by atoms with Crippen LogP contribution in [-0.2, 0) is 11.3 Å². The zero-order valence-electron chi connectivity index (χ0n) is 11.1. The van der Waals surface area contributed by atoms with Crippen LogP contribution < -0.4 is 15.0 Å². The van der Waals surface area contributed by atoms with Gasteiger partial charge in [0.25, 0.3) is 11.8 Å². The van der Waals surface area contributed by atoms with Crippen LogP contribution in [0.3, 0.4) is 0 Å². The van der Waals surface area contributed by atoms with Crippen molar-refractivity contribution in [1.82, 2.24) is 9.78 Å². The summed E-state index contributed by atoms with van der Waals surface area (Å²) in [6.07, 6.45) is 1.67. The quantitative estimate of drug-likeness (QED) is 0.843. The highest BCUT2D eigenvalue weighted by Crippen LogP contribution is 2.33. The number of hydrogen-bond acceptors (Lipinski definition) is 4. The largest absolute Gasteiger partial charge is 0.481 e. The number of para-hydroxylation sites is 1. The van der Waals surface area contributed by atoms with Crippen molar-refractivity contribution in [3.63, 3.8) is 0 Å². The maximum Gasteiger partial charge on any atom is 0.263 e. The van der Waals surface area contributed by atoms with Crippen molar-refractivity contribution in [2.45, 2.75) is 6.54 Å². The highest BCUT2D eigenvalue weighted by atomic mass is 16.5. The van der Waals surface area contributed by atoms with Gasteiger partial charge in [0.15, 0.2) is 12.4 Å². The highest BCUT2D eigenvalue weighted by Gasteiger charge is 2.30. The van der Waals surface area contributed by atoms with Gasteiger partial charge in [0.2, 0.25) is 0 Å². The SMILES string of the molecule is O=C1COc2c(cccc2C(=O)N2CCn3nccc32)N1. The maximum atomic E-state index is 12.8. The molecule has 2 aromatic rings. The van der Waals surface area contributed by atoms with Gasteiger partial charge in [0.05, 0.1) is 24.0 Å². The zero-order valence-corrected chi connectivity index (χ0v) is 11.1. The summed E-state index contributed by atoms with van der Waals surface area (Å²) >= 11 is 0. The van der Waals surface area contributed by atoms with Crippen molar-refractivity contribution in [3.05, 3.63) is 36.0 Å². The van der Waals surface area contributed by atoms with E-state index in [0.717, 1.165) is 5.82 Å². The summed E-state index contributed by atoms with van der Waals surface area (Å²) in [5.41, 5.74) is 0.979. The number of aromatic nitrogens is 2. The third-order valence-corrected chi connectivity index (χ3v) is 3.62. The first-order valence-corrected chi connectivity index (χ1v) is 6.63. The number of nitrogens with zero attached hydrogens (tertiary/aromatic N) is 3. The molecule has 4 rings (SSSR count). The molecule has 1 N–H and O–H groups in total. The topological polar surface area (TPSA) is 76.5 Å². The van der Waals surface area contributed by atoms with E-state index in [-0.39, 0.29) is 18.4 Å².